The third kappa shape index (κ3) is 3.26. The molecule has 0 fully saturated rings. The van der Waals surface area contributed by atoms with E-state index in [1.54, 1.807) is 30.3 Å². The van der Waals surface area contributed by atoms with Crippen molar-refractivity contribution in [1.82, 2.24) is 0 Å². The number of hydrogen-bond donors (Lipinski definition) is 0. The van der Waals surface area contributed by atoms with E-state index < -0.39 is 18.4 Å². The fourth-order valence-electron chi connectivity index (χ4n) is 2.11. The van der Waals surface area contributed by atoms with E-state index in [2.05, 4.69) is 0 Å². The first kappa shape index (κ1) is 14.3. The van der Waals surface area contributed by atoms with Gasteiger partial charge in [0, 0.05) is 5.56 Å². The highest BCUT2D eigenvalue weighted by atomic mass is 19.4. The van der Waals surface area contributed by atoms with E-state index in [4.69, 9.17) is 0 Å². The van der Waals surface area contributed by atoms with Crippen molar-refractivity contribution >= 4 is 5.78 Å². The molecule has 0 aromatic heterocycles. The molecule has 0 amide bonds. The van der Waals surface area contributed by atoms with Crippen molar-refractivity contribution in [2.45, 2.75) is 19.5 Å². The minimum Gasteiger partial charge on any atom is -0.294 e. The number of alkyl halides is 3. The van der Waals surface area contributed by atoms with Crippen LogP contribution in [0.5, 0.6) is 0 Å². The van der Waals surface area contributed by atoms with Crippen LogP contribution in [0.4, 0.5) is 13.2 Å². The maximum atomic E-state index is 12.4. The Morgan fingerprint density at radius 3 is 2.10 bits per heavy atom. The van der Waals surface area contributed by atoms with Gasteiger partial charge in [0.2, 0.25) is 0 Å². The number of rotatable bonds is 3. The zero-order valence-corrected chi connectivity index (χ0v) is 10.9. The van der Waals surface area contributed by atoms with Gasteiger partial charge in [-0.2, -0.15) is 13.2 Å². The number of halogens is 3. The first-order valence-electron chi connectivity index (χ1n) is 6.13. The second-order valence-corrected chi connectivity index (χ2v) is 4.58. The summed E-state index contributed by atoms with van der Waals surface area (Å²) in [5, 5.41) is 0. The molecular formula is C16H13F3O. The summed E-state index contributed by atoms with van der Waals surface area (Å²) in [5.41, 5.74) is 2.34. The number of carbonyl (C=O) groups is 1. The lowest BCUT2D eigenvalue weighted by Gasteiger charge is -2.12. The maximum Gasteiger partial charge on any atom is 0.396 e. The summed E-state index contributed by atoms with van der Waals surface area (Å²) in [5.74, 6) is -0.906. The van der Waals surface area contributed by atoms with Gasteiger partial charge >= 0.3 is 6.18 Å². The predicted molar refractivity (Wildman–Crippen MR) is 71.6 cm³/mol. The molecule has 1 nitrogen and oxygen atoms in total. The van der Waals surface area contributed by atoms with Crippen LogP contribution in [0.2, 0.25) is 0 Å². The van der Waals surface area contributed by atoms with E-state index in [0.29, 0.717) is 5.56 Å². The fourth-order valence-corrected chi connectivity index (χ4v) is 2.11. The Bertz CT molecular complexity index is 630. The Balaban J connectivity index is 2.47. The summed E-state index contributed by atoms with van der Waals surface area (Å²) in [6.07, 6.45) is -5.92. The van der Waals surface area contributed by atoms with E-state index in [1.165, 1.54) is 6.07 Å². The highest BCUT2D eigenvalue weighted by molar-refractivity contribution is 6.02. The smallest absolute Gasteiger partial charge is 0.294 e. The van der Waals surface area contributed by atoms with Gasteiger partial charge in [-0.25, -0.2) is 0 Å². The molecule has 2 rings (SSSR count). The summed E-state index contributed by atoms with van der Waals surface area (Å²) in [6.45, 7) is 1.86. The van der Waals surface area contributed by atoms with Crippen LogP contribution in [0, 0.1) is 6.92 Å². The molecule has 104 valence electrons. The lowest BCUT2D eigenvalue weighted by atomic mass is 9.93. The minimum atomic E-state index is -4.49. The van der Waals surface area contributed by atoms with Gasteiger partial charge in [0.15, 0.2) is 5.78 Å². The molecule has 2 aromatic carbocycles. The van der Waals surface area contributed by atoms with E-state index in [1.807, 2.05) is 19.1 Å². The molecule has 0 heterocycles. The number of carbonyl (C=O) groups excluding carboxylic acids is 1. The van der Waals surface area contributed by atoms with Crippen LogP contribution in [0.25, 0.3) is 11.1 Å². The number of ketones is 1. The Labute approximate surface area is 115 Å². The normalized spacial score (nSPS) is 11.4. The van der Waals surface area contributed by atoms with Crippen molar-refractivity contribution in [2.24, 2.45) is 0 Å². The molecule has 0 saturated heterocycles. The van der Waals surface area contributed by atoms with Crippen molar-refractivity contribution in [1.29, 1.82) is 0 Å². The predicted octanol–water partition coefficient (Wildman–Crippen LogP) is 4.80. The lowest BCUT2D eigenvalue weighted by Crippen LogP contribution is -2.15. The van der Waals surface area contributed by atoms with E-state index in [9.17, 15) is 18.0 Å². The summed E-state index contributed by atoms with van der Waals surface area (Å²) in [6, 6.07) is 13.7. The molecule has 0 atom stereocenters. The van der Waals surface area contributed by atoms with Gasteiger partial charge < -0.3 is 0 Å². The standard InChI is InChI=1S/C16H13F3O/c1-11-6-2-3-7-12(11)13-8-4-5-9-14(13)15(20)10-16(17,18)19/h2-9H,10H2,1H3. The average Bonchev–Trinajstić information content (AvgIpc) is 2.37. The van der Waals surface area contributed by atoms with Crippen LogP contribution in [0.15, 0.2) is 48.5 Å². The van der Waals surface area contributed by atoms with Gasteiger partial charge in [-0.05, 0) is 23.6 Å². The summed E-state index contributed by atoms with van der Waals surface area (Å²) in [4.78, 5) is 11.8. The van der Waals surface area contributed by atoms with Gasteiger partial charge in [-0.15, -0.1) is 0 Å². The summed E-state index contributed by atoms with van der Waals surface area (Å²) >= 11 is 0. The first-order chi connectivity index (χ1) is 9.38. The number of aryl methyl sites for hydroxylation is 1. The molecule has 0 radical (unpaired) electrons. The Morgan fingerprint density at radius 1 is 0.950 bits per heavy atom. The van der Waals surface area contributed by atoms with Crippen LogP contribution in [0.1, 0.15) is 22.3 Å². The summed E-state index contributed by atoms with van der Waals surface area (Å²) < 4.78 is 37.2. The monoisotopic (exact) mass is 278 g/mol. The molecule has 2 aromatic rings. The third-order valence-electron chi connectivity index (χ3n) is 3.02. The fraction of sp³-hybridized carbons (Fsp3) is 0.188. The highest BCUT2D eigenvalue weighted by Crippen LogP contribution is 2.30. The van der Waals surface area contributed by atoms with E-state index in [0.717, 1.165) is 11.1 Å². The van der Waals surface area contributed by atoms with Crippen molar-refractivity contribution in [3.05, 3.63) is 59.7 Å². The molecule has 0 aliphatic carbocycles. The molecule has 0 bridgehead atoms. The molecule has 0 saturated carbocycles. The quantitative estimate of drug-likeness (QED) is 0.737. The molecule has 0 aliphatic heterocycles. The molecule has 4 heteroatoms. The largest absolute Gasteiger partial charge is 0.396 e. The first-order valence-corrected chi connectivity index (χ1v) is 6.13. The van der Waals surface area contributed by atoms with Crippen LogP contribution in [-0.4, -0.2) is 12.0 Å². The second kappa shape index (κ2) is 5.49. The zero-order valence-electron chi connectivity index (χ0n) is 10.9. The van der Waals surface area contributed by atoms with Crippen LogP contribution in [-0.2, 0) is 0 Å². The third-order valence-corrected chi connectivity index (χ3v) is 3.02. The molecule has 0 unspecified atom stereocenters. The molecule has 0 N–H and O–H groups in total. The van der Waals surface area contributed by atoms with Crippen molar-refractivity contribution in [2.75, 3.05) is 0 Å². The van der Waals surface area contributed by atoms with E-state index >= 15 is 0 Å². The Kier molecular flexibility index (Phi) is 3.93. The molecule has 0 aliphatic rings. The number of Topliss-reactive ketones (excluding diaryl/α,β-unsaturated/α-hetero) is 1. The van der Waals surface area contributed by atoms with Crippen LogP contribution in [0.3, 0.4) is 0 Å². The second-order valence-electron chi connectivity index (χ2n) is 4.58. The van der Waals surface area contributed by atoms with Crippen molar-refractivity contribution in [3.8, 4) is 11.1 Å². The minimum absolute atomic E-state index is 0.110. The van der Waals surface area contributed by atoms with Gasteiger partial charge in [-0.3, -0.25) is 4.79 Å². The summed E-state index contributed by atoms with van der Waals surface area (Å²) in [7, 11) is 0. The van der Waals surface area contributed by atoms with E-state index in [-0.39, 0.29) is 5.56 Å². The number of benzene rings is 2. The van der Waals surface area contributed by atoms with Crippen molar-refractivity contribution < 1.29 is 18.0 Å². The van der Waals surface area contributed by atoms with Gasteiger partial charge in [0.1, 0.15) is 6.42 Å². The SMILES string of the molecule is Cc1ccccc1-c1ccccc1C(=O)CC(F)(F)F. The molecule has 0 spiro atoms. The number of hydrogen-bond acceptors (Lipinski definition) is 1. The molecule has 20 heavy (non-hydrogen) atoms. The van der Waals surface area contributed by atoms with Gasteiger partial charge in [-0.1, -0.05) is 48.5 Å². The average molecular weight is 278 g/mol. The maximum absolute atomic E-state index is 12.4. The molecular weight excluding hydrogens is 265 g/mol. The Hall–Kier alpha value is -2.10. The van der Waals surface area contributed by atoms with Crippen LogP contribution >= 0.6 is 0 Å². The lowest BCUT2D eigenvalue weighted by molar-refractivity contribution is -0.125. The van der Waals surface area contributed by atoms with Gasteiger partial charge in [0.25, 0.3) is 0 Å². The van der Waals surface area contributed by atoms with Crippen LogP contribution < -0.4 is 0 Å². The Morgan fingerprint density at radius 2 is 1.50 bits per heavy atom. The van der Waals surface area contributed by atoms with Gasteiger partial charge in [0.05, 0.1) is 0 Å². The zero-order chi connectivity index (χ0) is 14.8. The topological polar surface area (TPSA) is 17.1 Å². The highest BCUT2D eigenvalue weighted by Gasteiger charge is 2.32. The van der Waals surface area contributed by atoms with Crippen molar-refractivity contribution in [3.63, 3.8) is 0 Å².